The van der Waals surface area contributed by atoms with Gasteiger partial charge in [0.25, 0.3) is 0 Å². The molecule has 0 saturated carbocycles. The minimum atomic E-state index is 0.247. The molecule has 2 N–H and O–H groups in total. The number of nitrogens with two attached hydrogens (primary N) is 1. The van der Waals surface area contributed by atoms with Gasteiger partial charge in [0, 0.05) is 38.1 Å². The summed E-state index contributed by atoms with van der Waals surface area (Å²) >= 11 is 0. The molecule has 4 heteroatoms. The fraction of sp³-hybridized carbons (Fsp3) is 0.929. The Balaban J connectivity index is 1.86. The van der Waals surface area contributed by atoms with E-state index in [4.69, 9.17) is 5.73 Å². The summed E-state index contributed by atoms with van der Waals surface area (Å²) in [6, 6.07) is 0.838. The van der Waals surface area contributed by atoms with E-state index in [1.165, 1.54) is 32.1 Å². The zero-order valence-electron chi connectivity index (χ0n) is 11.6. The van der Waals surface area contributed by atoms with Crippen LogP contribution in [-0.2, 0) is 4.79 Å². The van der Waals surface area contributed by atoms with Gasteiger partial charge in [0.05, 0.1) is 0 Å². The SMILES string of the molecule is CC1CCCN1C(CN)CC(=O)N1CCCCC1. The van der Waals surface area contributed by atoms with Gasteiger partial charge in [0.15, 0.2) is 0 Å². The lowest BCUT2D eigenvalue weighted by atomic mass is 10.1. The highest BCUT2D eigenvalue weighted by atomic mass is 16.2. The number of nitrogens with zero attached hydrogens (tertiary/aromatic N) is 2. The maximum atomic E-state index is 12.3. The summed E-state index contributed by atoms with van der Waals surface area (Å²) in [4.78, 5) is 16.7. The van der Waals surface area contributed by atoms with Crippen molar-refractivity contribution in [2.75, 3.05) is 26.2 Å². The van der Waals surface area contributed by atoms with Gasteiger partial charge in [-0.3, -0.25) is 9.69 Å². The van der Waals surface area contributed by atoms with Gasteiger partial charge in [-0.1, -0.05) is 0 Å². The minimum absolute atomic E-state index is 0.247. The predicted molar refractivity (Wildman–Crippen MR) is 73.3 cm³/mol. The second-order valence-corrected chi connectivity index (χ2v) is 5.76. The monoisotopic (exact) mass is 253 g/mol. The molecule has 0 aromatic heterocycles. The lowest BCUT2D eigenvalue weighted by molar-refractivity contribution is -0.133. The van der Waals surface area contributed by atoms with Crippen LogP contribution in [0.25, 0.3) is 0 Å². The number of carbonyl (C=O) groups excluding carboxylic acids is 1. The van der Waals surface area contributed by atoms with Gasteiger partial charge < -0.3 is 10.6 Å². The standard InChI is InChI=1S/C14H27N3O/c1-12-6-5-9-17(12)13(11-15)10-14(18)16-7-3-2-4-8-16/h12-13H,2-11,15H2,1H3. The summed E-state index contributed by atoms with van der Waals surface area (Å²) in [5.74, 6) is 0.309. The van der Waals surface area contributed by atoms with Crippen LogP contribution in [0.3, 0.4) is 0 Å². The summed E-state index contributed by atoms with van der Waals surface area (Å²) in [5, 5.41) is 0. The molecule has 2 aliphatic rings. The number of carbonyl (C=O) groups is 1. The van der Waals surface area contributed by atoms with Gasteiger partial charge in [-0.05, 0) is 45.6 Å². The van der Waals surface area contributed by atoms with E-state index in [-0.39, 0.29) is 6.04 Å². The molecule has 0 aromatic carbocycles. The molecular formula is C14H27N3O. The smallest absolute Gasteiger partial charge is 0.224 e. The Morgan fingerprint density at radius 3 is 2.50 bits per heavy atom. The summed E-state index contributed by atoms with van der Waals surface area (Å²) in [5.41, 5.74) is 5.88. The lowest BCUT2D eigenvalue weighted by Gasteiger charge is -2.33. The number of rotatable bonds is 4. The van der Waals surface area contributed by atoms with Crippen molar-refractivity contribution in [2.24, 2.45) is 5.73 Å². The highest BCUT2D eigenvalue weighted by Crippen LogP contribution is 2.21. The van der Waals surface area contributed by atoms with Crippen LogP contribution < -0.4 is 5.73 Å². The molecule has 2 atom stereocenters. The fourth-order valence-electron chi connectivity index (χ4n) is 3.31. The first kappa shape index (κ1) is 13.8. The average molecular weight is 253 g/mol. The van der Waals surface area contributed by atoms with E-state index in [9.17, 15) is 4.79 Å². The predicted octanol–water partition coefficient (Wildman–Crippen LogP) is 1.20. The van der Waals surface area contributed by atoms with E-state index in [1.807, 2.05) is 4.90 Å². The molecule has 2 saturated heterocycles. The van der Waals surface area contributed by atoms with Crippen molar-refractivity contribution in [1.82, 2.24) is 9.80 Å². The van der Waals surface area contributed by atoms with Crippen molar-refractivity contribution in [1.29, 1.82) is 0 Å². The molecule has 2 unspecified atom stereocenters. The van der Waals surface area contributed by atoms with E-state index in [2.05, 4.69) is 11.8 Å². The van der Waals surface area contributed by atoms with Crippen LogP contribution in [0.4, 0.5) is 0 Å². The van der Waals surface area contributed by atoms with Gasteiger partial charge in [0.2, 0.25) is 5.91 Å². The Morgan fingerprint density at radius 1 is 1.22 bits per heavy atom. The van der Waals surface area contributed by atoms with Crippen LogP contribution in [-0.4, -0.2) is 54.0 Å². The highest BCUT2D eigenvalue weighted by Gasteiger charge is 2.29. The molecule has 4 nitrogen and oxygen atoms in total. The van der Waals surface area contributed by atoms with E-state index in [1.54, 1.807) is 0 Å². The topological polar surface area (TPSA) is 49.6 Å². The first-order valence-corrected chi connectivity index (χ1v) is 7.46. The summed E-state index contributed by atoms with van der Waals surface area (Å²) < 4.78 is 0. The van der Waals surface area contributed by atoms with E-state index in [0.717, 1.165) is 19.6 Å². The third-order valence-electron chi connectivity index (χ3n) is 4.46. The zero-order chi connectivity index (χ0) is 13.0. The third kappa shape index (κ3) is 3.23. The van der Waals surface area contributed by atoms with Gasteiger partial charge >= 0.3 is 0 Å². The van der Waals surface area contributed by atoms with Crippen molar-refractivity contribution in [3.8, 4) is 0 Å². The number of hydrogen-bond acceptors (Lipinski definition) is 3. The molecule has 1 amide bonds. The Bertz CT molecular complexity index is 276. The maximum absolute atomic E-state index is 12.3. The molecule has 0 aromatic rings. The van der Waals surface area contributed by atoms with E-state index in [0.29, 0.717) is 24.9 Å². The lowest BCUT2D eigenvalue weighted by Crippen LogP contribution is -2.46. The Hall–Kier alpha value is -0.610. The summed E-state index contributed by atoms with van der Waals surface area (Å²) in [6.07, 6.45) is 6.70. The van der Waals surface area contributed by atoms with Crippen molar-refractivity contribution in [2.45, 2.75) is 57.5 Å². The summed E-state index contributed by atoms with van der Waals surface area (Å²) in [7, 11) is 0. The van der Waals surface area contributed by atoms with Crippen molar-refractivity contribution < 1.29 is 4.79 Å². The first-order chi connectivity index (χ1) is 8.72. The molecule has 18 heavy (non-hydrogen) atoms. The van der Waals surface area contributed by atoms with Crippen LogP contribution in [0.15, 0.2) is 0 Å². The minimum Gasteiger partial charge on any atom is -0.343 e. The largest absolute Gasteiger partial charge is 0.343 e. The number of piperidine rings is 1. The molecule has 0 bridgehead atoms. The van der Waals surface area contributed by atoms with Crippen LogP contribution in [0.1, 0.15) is 45.4 Å². The van der Waals surface area contributed by atoms with Crippen LogP contribution in [0.5, 0.6) is 0 Å². The number of likely N-dealkylation sites (tertiary alicyclic amines) is 2. The molecule has 0 spiro atoms. The number of hydrogen-bond donors (Lipinski definition) is 1. The van der Waals surface area contributed by atoms with Crippen molar-refractivity contribution in [3.63, 3.8) is 0 Å². The van der Waals surface area contributed by atoms with Crippen LogP contribution >= 0.6 is 0 Å². The van der Waals surface area contributed by atoms with Crippen molar-refractivity contribution in [3.05, 3.63) is 0 Å². The van der Waals surface area contributed by atoms with E-state index >= 15 is 0 Å². The molecule has 2 fully saturated rings. The second-order valence-electron chi connectivity index (χ2n) is 5.76. The van der Waals surface area contributed by atoms with E-state index < -0.39 is 0 Å². The first-order valence-electron chi connectivity index (χ1n) is 7.46. The molecule has 2 aliphatic heterocycles. The quantitative estimate of drug-likeness (QED) is 0.819. The molecular weight excluding hydrogens is 226 g/mol. The van der Waals surface area contributed by atoms with Crippen LogP contribution in [0, 0.1) is 0 Å². The van der Waals surface area contributed by atoms with Gasteiger partial charge in [0.1, 0.15) is 0 Å². The molecule has 0 aliphatic carbocycles. The Morgan fingerprint density at radius 2 is 1.94 bits per heavy atom. The Kier molecular flexibility index (Phi) is 5.01. The van der Waals surface area contributed by atoms with Gasteiger partial charge in [-0.2, -0.15) is 0 Å². The summed E-state index contributed by atoms with van der Waals surface area (Å²) in [6.45, 7) is 5.86. The number of amides is 1. The normalized spacial score (nSPS) is 27.4. The Labute approximate surface area is 110 Å². The zero-order valence-corrected chi connectivity index (χ0v) is 11.6. The molecule has 2 heterocycles. The van der Waals surface area contributed by atoms with Gasteiger partial charge in [-0.15, -0.1) is 0 Å². The average Bonchev–Trinajstić information content (AvgIpc) is 2.83. The molecule has 2 rings (SSSR count). The fourth-order valence-corrected chi connectivity index (χ4v) is 3.31. The third-order valence-corrected chi connectivity index (χ3v) is 4.46. The molecule has 104 valence electrons. The van der Waals surface area contributed by atoms with Gasteiger partial charge in [-0.25, -0.2) is 0 Å². The maximum Gasteiger partial charge on any atom is 0.224 e. The van der Waals surface area contributed by atoms with Crippen molar-refractivity contribution >= 4 is 5.91 Å². The van der Waals surface area contributed by atoms with Crippen LogP contribution in [0.2, 0.25) is 0 Å². The molecule has 0 radical (unpaired) electrons. The highest BCUT2D eigenvalue weighted by molar-refractivity contribution is 5.77. The second kappa shape index (κ2) is 6.53.